The van der Waals surface area contributed by atoms with Crippen LogP contribution in [-0.2, 0) is 32.2 Å². The molecule has 0 bridgehead atoms. The van der Waals surface area contributed by atoms with Crippen molar-refractivity contribution in [3.8, 4) is 0 Å². The number of phosphoric acid groups is 1. The third kappa shape index (κ3) is 3.78. The minimum absolute atomic E-state index is 1.02. The summed E-state index contributed by atoms with van der Waals surface area (Å²) in [5.74, 6) is 0. The van der Waals surface area contributed by atoms with Crippen molar-refractivity contribution in [1.29, 1.82) is 0 Å². The first-order valence-electron chi connectivity index (χ1n) is 1.15. The summed E-state index contributed by atoms with van der Waals surface area (Å²) >= 11 is 1.02. The summed E-state index contributed by atoms with van der Waals surface area (Å²) in [6.45, 7) is 0. The molecule has 0 saturated carbocycles. The zero-order chi connectivity index (χ0) is 5.91. The monoisotopic (exact) mass is 227 g/mol. The summed E-state index contributed by atoms with van der Waals surface area (Å²) in [4.78, 5) is 8.22. The van der Waals surface area contributed by atoms with Gasteiger partial charge in [-0.05, 0) is 0 Å². The SMILES string of the molecule is O=P(O)(OP)[O][Mo]. The maximum absolute atomic E-state index is 10.0. The summed E-state index contributed by atoms with van der Waals surface area (Å²) < 4.78 is 17.9. The molecule has 0 amide bonds. The zero-order valence-corrected chi connectivity index (χ0v) is 7.16. The van der Waals surface area contributed by atoms with E-state index >= 15 is 0 Å². The fraction of sp³-hybridized carbons (Fsp3) is 0. The predicted octanol–water partition coefficient (Wildman–Crippen LogP) is 0.372. The summed E-state index contributed by atoms with van der Waals surface area (Å²) in [5.41, 5.74) is 0. The molecule has 0 fully saturated rings. The first-order valence-corrected chi connectivity index (χ1v) is 3.94. The molecule has 0 aliphatic heterocycles. The van der Waals surface area contributed by atoms with Crippen LogP contribution in [0.5, 0.6) is 0 Å². The second kappa shape index (κ2) is 3.29. The molecule has 0 aromatic rings. The van der Waals surface area contributed by atoms with E-state index in [1.54, 1.807) is 9.47 Å². The molecule has 0 heterocycles. The molecule has 0 rings (SSSR count). The van der Waals surface area contributed by atoms with Gasteiger partial charge in [0.2, 0.25) is 0 Å². The molecule has 7 heteroatoms. The Morgan fingerprint density at radius 1 is 1.86 bits per heavy atom. The van der Waals surface area contributed by atoms with Crippen LogP contribution in [0.15, 0.2) is 0 Å². The molecule has 1 N–H and O–H groups in total. The zero-order valence-electron chi connectivity index (χ0n) is 3.10. The van der Waals surface area contributed by atoms with E-state index in [1.807, 2.05) is 0 Å². The van der Waals surface area contributed by atoms with E-state index in [4.69, 9.17) is 4.89 Å². The number of hydrogen-bond donors (Lipinski definition) is 1. The number of hydrogen-bond acceptors (Lipinski definition) is 3. The Morgan fingerprint density at radius 3 is 2.29 bits per heavy atom. The average molecular weight is 225 g/mol. The molecule has 4 nitrogen and oxygen atoms in total. The Kier molecular flexibility index (Phi) is 3.87. The molecule has 2 unspecified atom stereocenters. The fourth-order valence-corrected chi connectivity index (χ4v) is 0.935. The molecule has 43 valence electrons. The van der Waals surface area contributed by atoms with Crippen molar-refractivity contribution in [2.24, 2.45) is 0 Å². The molecule has 0 spiro atoms. The maximum atomic E-state index is 10.0. The van der Waals surface area contributed by atoms with Crippen LogP contribution < -0.4 is 0 Å². The van der Waals surface area contributed by atoms with E-state index in [2.05, 4.69) is 7.49 Å². The van der Waals surface area contributed by atoms with Crippen LogP contribution in [-0.4, -0.2) is 4.89 Å². The Balaban J connectivity index is 3.61. The quantitative estimate of drug-likeness (QED) is 0.544. The van der Waals surface area contributed by atoms with E-state index in [0.29, 0.717) is 0 Å². The summed E-state index contributed by atoms with van der Waals surface area (Å²) in [5, 5.41) is 0. The first kappa shape index (κ1) is 8.23. The van der Waals surface area contributed by atoms with Crippen LogP contribution in [0.1, 0.15) is 0 Å². The second-order valence-electron chi connectivity index (χ2n) is 0.649. The van der Waals surface area contributed by atoms with E-state index in [9.17, 15) is 4.57 Å². The van der Waals surface area contributed by atoms with Gasteiger partial charge in [0.05, 0.1) is 0 Å². The topological polar surface area (TPSA) is 55.8 Å². The van der Waals surface area contributed by atoms with Crippen molar-refractivity contribution in [2.75, 3.05) is 0 Å². The normalized spacial score (nSPS) is 18.6. The molecule has 7 heavy (non-hydrogen) atoms. The summed E-state index contributed by atoms with van der Waals surface area (Å²) in [6, 6.07) is 0. The van der Waals surface area contributed by atoms with Crippen LogP contribution in [0.2, 0.25) is 0 Å². The Labute approximate surface area is 54.8 Å². The van der Waals surface area contributed by atoms with Crippen LogP contribution >= 0.6 is 17.3 Å². The van der Waals surface area contributed by atoms with Crippen LogP contribution in [0.3, 0.4) is 0 Å². The molecular weight excluding hydrogens is 222 g/mol. The summed E-state index contributed by atoms with van der Waals surface area (Å²) in [6.07, 6.45) is 0. The van der Waals surface area contributed by atoms with Gasteiger partial charge in [-0.2, -0.15) is 0 Å². The molecule has 0 aliphatic rings. The van der Waals surface area contributed by atoms with Gasteiger partial charge in [-0.15, -0.1) is 0 Å². The van der Waals surface area contributed by atoms with Gasteiger partial charge in [-0.25, -0.2) is 0 Å². The molecule has 2 atom stereocenters. The molecule has 0 aromatic carbocycles. The predicted molar refractivity (Wildman–Crippen MR) is 21.7 cm³/mol. The van der Waals surface area contributed by atoms with Crippen molar-refractivity contribution in [1.82, 2.24) is 0 Å². The first-order chi connectivity index (χ1) is 3.12. The van der Waals surface area contributed by atoms with Gasteiger partial charge in [-0.3, -0.25) is 0 Å². The average Bonchev–Trinajstić information content (AvgIpc) is 1.68. The van der Waals surface area contributed by atoms with Crippen LogP contribution in [0.25, 0.3) is 0 Å². The van der Waals surface area contributed by atoms with E-state index in [1.165, 1.54) is 0 Å². The van der Waals surface area contributed by atoms with Crippen LogP contribution in [0.4, 0.5) is 0 Å². The Hall–Kier alpha value is 1.23. The molecular formula is H3MoO4P2. The van der Waals surface area contributed by atoms with Gasteiger partial charge in [0.15, 0.2) is 0 Å². The molecule has 0 aliphatic carbocycles. The second-order valence-corrected chi connectivity index (χ2v) is 3.68. The molecule has 0 saturated heterocycles. The summed E-state index contributed by atoms with van der Waals surface area (Å²) in [7, 11) is -2.05. The van der Waals surface area contributed by atoms with E-state index < -0.39 is 7.82 Å². The van der Waals surface area contributed by atoms with Gasteiger partial charge in [-0.1, -0.05) is 0 Å². The Bertz CT molecular complexity index is 81.7. The van der Waals surface area contributed by atoms with Crippen molar-refractivity contribution in [3.05, 3.63) is 0 Å². The van der Waals surface area contributed by atoms with Crippen LogP contribution in [0, 0.1) is 0 Å². The molecule has 0 aromatic heterocycles. The fourth-order valence-electron chi connectivity index (χ4n) is 0.0176. The number of rotatable bonds is 2. The third-order valence-electron chi connectivity index (χ3n) is 0.227. The van der Waals surface area contributed by atoms with Gasteiger partial charge in [0.1, 0.15) is 0 Å². The van der Waals surface area contributed by atoms with Crippen molar-refractivity contribution < 1.29 is 37.1 Å². The van der Waals surface area contributed by atoms with Gasteiger partial charge < -0.3 is 0 Å². The van der Waals surface area contributed by atoms with Gasteiger partial charge in [0, 0.05) is 0 Å². The van der Waals surface area contributed by atoms with Crippen molar-refractivity contribution in [2.45, 2.75) is 0 Å². The van der Waals surface area contributed by atoms with E-state index in [0.717, 1.165) is 20.2 Å². The van der Waals surface area contributed by atoms with E-state index in [-0.39, 0.29) is 0 Å². The third-order valence-corrected chi connectivity index (χ3v) is 2.87. The van der Waals surface area contributed by atoms with Crippen molar-refractivity contribution in [3.63, 3.8) is 0 Å². The minimum atomic E-state index is -3.69. The van der Waals surface area contributed by atoms with Gasteiger partial charge in [0.25, 0.3) is 0 Å². The van der Waals surface area contributed by atoms with Crippen molar-refractivity contribution >= 4 is 17.3 Å². The standard InChI is InChI=1S/Mo.H4O4P2/c;1-6(2,3)4-5/h;5H2,(H2,1,2,3)/q+1;/p-1. The van der Waals surface area contributed by atoms with Gasteiger partial charge >= 0.3 is 54.4 Å². The molecule has 0 radical (unpaired) electrons. The Morgan fingerprint density at radius 2 is 2.29 bits per heavy atom.